The average Bonchev–Trinajstić information content (AvgIpc) is 2.44. The SMILES string of the molecule is CCCN(CC1CCc2c(ccc(O)c2O)C1)OCC. The third-order valence-corrected chi connectivity index (χ3v) is 3.92. The van der Waals surface area contributed by atoms with E-state index in [1.165, 1.54) is 0 Å². The Bertz CT molecular complexity index is 442. The van der Waals surface area contributed by atoms with Gasteiger partial charge < -0.3 is 10.2 Å². The topological polar surface area (TPSA) is 52.9 Å². The lowest BCUT2D eigenvalue weighted by atomic mass is 9.83. The van der Waals surface area contributed by atoms with E-state index in [-0.39, 0.29) is 11.5 Å². The van der Waals surface area contributed by atoms with Gasteiger partial charge in [0.2, 0.25) is 0 Å². The second-order valence-corrected chi connectivity index (χ2v) is 5.49. The van der Waals surface area contributed by atoms with Crippen molar-refractivity contribution < 1.29 is 15.1 Å². The number of rotatable bonds is 6. The molecule has 0 fully saturated rings. The van der Waals surface area contributed by atoms with E-state index in [1.807, 2.05) is 13.0 Å². The molecular weight excluding hydrogens is 254 g/mol. The summed E-state index contributed by atoms with van der Waals surface area (Å²) >= 11 is 0. The highest BCUT2D eigenvalue weighted by molar-refractivity contribution is 5.50. The Kier molecular flexibility index (Phi) is 5.26. The van der Waals surface area contributed by atoms with Crippen LogP contribution in [0.25, 0.3) is 0 Å². The molecule has 1 unspecified atom stereocenters. The van der Waals surface area contributed by atoms with E-state index < -0.39 is 0 Å². The van der Waals surface area contributed by atoms with Crippen molar-refractivity contribution in [1.29, 1.82) is 0 Å². The summed E-state index contributed by atoms with van der Waals surface area (Å²) < 4.78 is 0. The molecule has 20 heavy (non-hydrogen) atoms. The van der Waals surface area contributed by atoms with Crippen molar-refractivity contribution in [2.24, 2.45) is 5.92 Å². The first-order chi connectivity index (χ1) is 9.65. The molecule has 1 aliphatic carbocycles. The zero-order valence-electron chi connectivity index (χ0n) is 12.4. The minimum atomic E-state index is -0.0101. The first-order valence-corrected chi connectivity index (χ1v) is 7.56. The van der Waals surface area contributed by atoms with Crippen LogP contribution in [0.2, 0.25) is 0 Å². The maximum absolute atomic E-state index is 9.89. The first-order valence-electron chi connectivity index (χ1n) is 7.56. The van der Waals surface area contributed by atoms with Gasteiger partial charge in [0.15, 0.2) is 11.5 Å². The molecule has 0 aromatic heterocycles. The molecule has 0 aliphatic heterocycles. The van der Waals surface area contributed by atoms with Crippen molar-refractivity contribution in [3.63, 3.8) is 0 Å². The number of hydrogen-bond donors (Lipinski definition) is 2. The van der Waals surface area contributed by atoms with Gasteiger partial charge in [-0.2, -0.15) is 5.06 Å². The summed E-state index contributed by atoms with van der Waals surface area (Å²) in [5.41, 5.74) is 2.07. The van der Waals surface area contributed by atoms with Crippen LogP contribution in [-0.4, -0.2) is 35.0 Å². The Morgan fingerprint density at radius 1 is 1.30 bits per heavy atom. The van der Waals surface area contributed by atoms with Gasteiger partial charge >= 0.3 is 0 Å². The molecule has 1 aromatic carbocycles. The van der Waals surface area contributed by atoms with Crippen molar-refractivity contribution in [2.75, 3.05) is 19.7 Å². The molecule has 0 heterocycles. The van der Waals surface area contributed by atoms with Crippen LogP contribution >= 0.6 is 0 Å². The predicted molar refractivity (Wildman–Crippen MR) is 78.8 cm³/mol. The third kappa shape index (κ3) is 3.44. The van der Waals surface area contributed by atoms with E-state index in [1.54, 1.807) is 6.07 Å². The fourth-order valence-electron chi connectivity index (χ4n) is 2.98. The standard InChI is InChI=1S/C16H25NO3/c1-3-9-17(20-4-2)11-12-5-7-14-13(10-12)6-8-15(18)16(14)19/h6,8,12,18-19H,3-5,7,9-11H2,1-2H3. The number of benzene rings is 1. The smallest absolute Gasteiger partial charge is 0.160 e. The van der Waals surface area contributed by atoms with E-state index in [0.717, 1.165) is 49.9 Å². The molecule has 2 N–H and O–H groups in total. The van der Waals surface area contributed by atoms with Gasteiger partial charge in [-0.15, -0.1) is 0 Å². The highest BCUT2D eigenvalue weighted by Gasteiger charge is 2.24. The summed E-state index contributed by atoms with van der Waals surface area (Å²) in [6.45, 7) is 6.77. The van der Waals surface area contributed by atoms with Crippen LogP contribution in [0.1, 0.15) is 37.8 Å². The molecule has 0 saturated heterocycles. The molecule has 4 nitrogen and oxygen atoms in total. The second kappa shape index (κ2) is 6.95. The Morgan fingerprint density at radius 2 is 2.10 bits per heavy atom. The van der Waals surface area contributed by atoms with E-state index >= 15 is 0 Å². The number of hydrogen-bond acceptors (Lipinski definition) is 4. The Labute approximate surface area is 120 Å². The van der Waals surface area contributed by atoms with Crippen LogP contribution in [0.3, 0.4) is 0 Å². The highest BCUT2D eigenvalue weighted by atomic mass is 16.7. The maximum Gasteiger partial charge on any atom is 0.160 e. The third-order valence-electron chi connectivity index (χ3n) is 3.92. The zero-order chi connectivity index (χ0) is 14.5. The maximum atomic E-state index is 9.89. The summed E-state index contributed by atoms with van der Waals surface area (Å²) in [7, 11) is 0. The monoisotopic (exact) mass is 279 g/mol. The minimum Gasteiger partial charge on any atom is -0.504 e. The Balaban J connectivity index is 2.02. The fraction of sp³-hybridized carbons (Fsp3) is 0.625. The van der Waals surface area contributed by atoms with Crippen LogP contribution < -0.4 is 0 Å². The van der Waals surface area contributed by atoms with E-state index in [2.05, 4.69) is 12.0 Å². The van der Waals surface area contributed by atoms with Gasteiger partial charge in [-0.3, -0.25) is 4.84 Å². The number of phenolic OH excluding ortho intramolecular Hbond substituents is 2. The van der Waals surface area contributed by atoms with Crippen LogP contribution in [0.15, 0.2) is 12.1 Å². The molecule has 0 bridgehead atoms. The highest BCUT2D eigenvalue weighted by Crippen LogP contribution is 2.37. The van der Waals surface area contributed by atoms with E-state index in [9.17, 15) is 10.2 Å². The lowest BCUT2D eigenvalue weighted by molar-refractivity contribution is -0.162. The van der Waals surface area contributed by atoms with Crippen molar-refractivity contribution in [3.05, 3.63) is 23.3 Å². The van der Waals surface area contributed by atoms with Crippen LogP contribution in [0.5, 0.6) is 11.5 Å². The van der Waals surface area contributed by atoms with Gasteiger partial charge in [0.05, 0.1) is 6.61 Å². The molecule has 112 valence electrons. The number of aromatic hydroxyl groups is 2. The molecule has 1 atom stereocenters. The summed E-state index contributed by atoms with van der Waals surface area (Å²) in [5, 5.41) is 21.5. The zero-order valence-corrected chi connectivity index (χ0v) is 12.4. The van der Waals surface area contributed by atoms with Gasteiger partial charge in [0.1, 0.15) is 0 Å². The number of phenols is 2. The predicted octanol–water partition coefficient (Wildman–Crippen LogP) is 2.87. The van der Waals surface area contributed by atoms with Gasteiger partial charge in [-0.05, 0) is 50.2 Å². The fourth-order valence-corrected chi connectivity index (χ4v) is 2.98. The van der Waals surface area contributed by atoms with Crippen LogP contribution in [-0.2, 0) is 17.7 Å². The van der Waals surface area contributed by atoms with Crippen molar-refractivity contribution >= 4 is 0 Å². The van der Waals surface area contributed by atoms with Crippen molar-refractivity contribution in [2.45, 2.75) is 39.5 Å². The Morgan fingerprint density at radius 3 is 2.80 bits per heavy atom. The van der Waals surface area contributed by atoms with Gasteiger partial charge in [0.25, 0.3) is 0 Å². The van der Waals surface area contributed by atoms with Gasteiger partial charge in [0, 0.05) is 18.7 Å². The number of hydroxylamine groups is 2. The molecule has 1 aromatic rings. The Hall–Kier alpha value is -1.26. The first kappa shape index (κ1) is 15.1. The summed E-state index contributed by atoms with van der Waals surface area (Å²) in [5.74, 6) is 0.602. The van der Waals surface area contributed by atoms with E-state index in [0.29, 0.717) is 12.5 Å². The summed E-state index contributed by atoms with van der Waals surface area (Å²) in [4.78, 5) is 5.66. The summed E-state index contributed by atoms with van der Waals surface area (Å²) in [6, 6.07) is 3.52. The van der Waals surface area contributed by atoms with Gasteiger partial charge in [-0.1, -0.05) is 13.0 Å². The lowest BCUT2D eigenvalue weighted by Crippen LogP contribution is -2.33. The number of fused-ring (bicyclic) bond motifs is 1. The molecule has 2 rings (SSSR count). The lowest BCUT2D eigenvalue weighted by Gasteiger charge is -2.30. The largest absolute Gasteiger partial charge is 0.504 e. The molecule has 1 aliphatic rings. The number of nitrogens with zero attached hydrogens (tertiary/aromatic N) is 1. The quantitative estimate of drug-likeness (QED) is 0.621. The van der Waals surface area contributed by atoms with Crippen molar-refractivity contribution in [3.8, 4) is 11.5 Å². The van der Waals surface area contributed by atoms with Crippen LogP contribution in [0.4, 0.5) is 0 Å². The molecule has 0 radical (unpaired) electrons. The van der Waals surface area contributed by atoms with Crippen molar-refractivity contribution in [1.82, 2.24) is 5.06 Å². The molecular formula is C16H25NO3. The molecule has 0 saturated carbocycles. The summed E-state index contributed by atoms with van der Waals surface area (Å²) in [6.07, 6.45) is 3.87. The average molecular weight is 279 g/mol. The normalized spacial score (nSPS) is 18.2. The molecule has 4 heteroatoms. The minimum absolute atomic E-state index is 0.0101. The van der Waals surface area contributed by atoms with Crippen LogP contribution in [0, 0.1) is 5.92 Å². The van der Waals surface area contributed by atoms with E-state index in [4.69, 9.17) is 4.84 Å². The van der Waals surface area contributed by atoms with Gasteiger partial charge in [-0.25, -0.2) is 0 Å². The second-order valence-electron chi connectivity index (χ2n) is 5.49. The molecule has 0 amide bonds. The molecule has 0 spiro atoms.